The molecule has 1 aromatic rings. The van der Waals surface area contributed by atoms with Crippen molar-refractivity contribution in [2.24, 2.45) is 0 Å². The van der Waals surface area contributed by atoms with E-state index in [9.17, 15) is 4.39 Å². The van der Waals surface area contributed by atoms with Crippen LogP contribution in [0.1, 0.15) is 18.1 Å². The summed E-state index contributed by atoms with van der Waals surface area (Å²) in [6, 6.07) is 3.38. The number of nitrogens with one attached hydrogen (secondary N) is 1. The monoisotopic (exact) mass is 217 g/mol. The predicted molar refractivity (Wildman–Crippen MR) is 54.6 cm³/mol. The third kappa shape index (κ3) is 2.67. The second kappa shape index (κ2) is 5.29. The normalized spacial score (nSPS) is 10.6. The average Bonchev–Trinajstić information content (AvgIpc) is 2.19. The Morgan fingerprint density at radius 3 is 2.79 bits per heavy atom. The van der Waals surface area contributed by atoms with Crippen molar-refractivity contribution in [3.05, 3.63) is 34.1 Å². The fourth-order valence-corrected chi connectivity index (χ4v) is 1.48. The van der Waals surface area contributed by atoms with Gasteiger partial charge in [0.2, 0.25) is 0 Å². The second-order valence-corrected chi connectivity index (χ2v) is 3.34. The summed E-state index contributed by atoms with van der Waals surface area (Å²) in [4.78, 5) is 4.70. The van der Waals surface area contributed by atoms with E-state index in [4.69, 9.17) is 16.4 Å². The van der Waals surface area contributed by atoms with E-state index in [-0.39, 0.29) is 10.8 Å². The number of halogens is 2. The third-order valence-electron chi connectivity index (χ3n) is 1.96. The van der Waals surface area contributed by atoms with E-state index in [0.717, 1.165) is 5.56 Å². The summed E-state index contributed by atoms with van der Waals surface area (Å²) < 4.78 is 13.3. The molecule has 1 aromatic carbocycles. The van der Waals surface area contributed by atoms with E-state index in [1.807, 2.05) is 6.92 Å². The number of hydroxylamine groups is 1. The molecule has 0 unspecified atom stereocenters. The summed E-state index contributed by atoms with van der Waals surface area (Å²) in [7, 11) is 1.53. The minimum absolute atomic E-state index is 0.164. The minimum Gasteiger partial charge on any atom is -0.305 e. The van der Waals surface area contributed by atoms with Crippen LogP contribution in [0, 0.1) is 5.82 Å². The molecule has 0 fully saturated rings. The molecule has 0 aromatic heterocycles. The molecule has 0 heterocycles. The van der Waals surface area contributed by atoms with Crippen LogP contribution >= 0.6 is 11.6 Å². The maximum absolute atomic E-state index is 13.3. The molecular formula is C10H13ClFNO. The number of benzene rings is 1. The van der Waals surface area contributed by atoms with Crippen molar-refractivity contribution in [2.45, 2.75) is 19.9 Å². The van der Waals surface area contributed by atoms with Gasteiger partial charge in [-0.2, -0.15) is 5.48 Å². The predicted octanol–water partition coefficient (Wildman–Crippen LogP) is 2.69. The van der Waals surface area contributed by atoms with Crippen LogP contribution in [0.4, 0.5) is 4.39 Å². The largest absolute Gasteiger partial charge is 0.305 e. The van der Waals surface area contributed by atoms with E-state index >= 15 is 0 Å². The Balaban J connectivity index is 2.91. The summed E-state index contributed by atoms with van der Waals surface area (Å²) in [6.07, 6.45) is 0.631. The number of hydrogen-bond donors (Lipinski definition) is 1. The first kappa shape index (κ1) is 11.4. The zero-order valence-electron chi connectivity index (χ0n) is 8.23. The first-order valence-corrected chi connectivity index (χ1v) is 4.79. The van der Waals surface area contributed by atoms with Crippen molar-refractivity contribution >= 4 is 11.6 Å². The molecule has 0 saturated heterocycles. The maximum Gasteiger partial charge on any atom is 0.144 e. The summed E-state index contributed by atoms with van der Waals surface area (Å²) in [5.74, 6) is -0.324. The van der Waals surface area contributed by atoms with Crippen LogP contribution in [0.3, 0.4) is 0 Å². The first-order valence-electron chi connectivity index (χ1n) is 4.41. The number of hydrogen-bond acceptors (Lipinski definition) is 2. The Bertz CT molecular complexity index is 317. The van der Waals surface area contributed by atoms with E-state index in [1.165, 1.54) is 7.11 Å². The fourth-order valence-electron chi connectivity index (χ4n) is 1.22. The molecule has 0 radical (unpaired) electrons. The third-order valence-corrected chi connectivity index (χ3v) is 2.24. The van der Waals surface area contributed by atoms with Gasteiger partial charge in [0, 0.05) is 6.54 Å². The SMILES string of the molecule is CCc1cc(CNOC)cc(Cl)c1F. The van der Waals surface area contributed by atoms with Gasteiger partial charge in [-0.1, -0.05) is 24.6 Å². The van der Waals surface area contributed by atoms with Gasteiger partial charge in [-0.3, -0.25) is 0 Å². The van der Waals surface area contributed by atoms with Gasteiger partial charge < -0.3 is 4.84 Å². The van der Waals surface area contributed by atoms with Gasteiger partial charge in [0.25, 0.3) is 0 Å². The van der Waals surface area contributed by atoms with Crippen molar-refractivity contribution < 1.29 is 9.23 Å². The lowest BCUT2D eigenvalue weighted by Crippen LogP contribution is -2.11. The Kier molecular flexibility index (Phi) is 4.32. The molecule has 0 spiro atoms. The zero-order chi connectivity index (χ0) is 10.6. The summed E-state index contributed by atoms with van der Waals surface area (Å²) in [5.41, 5.74) is 4.22. The van der Waals surface area contributed by atoms with Gasteiger partial charge in [-0.25, -0.2) is 4.39 Å². The molecule has 0 bridgehead atoms. The Labute approximate surface area is 88.0 Å². The van der Waals surface area contributed by atoms with Crippen LogP contribution in [0.25, 0.3) is 0 Å². The molecule has 0 atom stereocenters. The molecule has 0 amide bonds. The van der Waals surface area contributed by atoms with Crippen LogP contribution in [0.5, 0.6) is 0 Å². The molecule has 1 rings (SSSR count). The van der Waals surface area contributed by atoms with Crippen molar-refractivity contribution in [2.75, 3.05) is 7.11 Å². The van der Waals surface area contributed by atoms with E-state index in [0.29, 0.717) is 18.5 Å². The molecule has 14 heavy (non-hydrogen) atoms. The van der Waals surface area contributed by atoms with E-state index < -0.39 is 0 Å². The topological polar surface area (TPSA) is 21.3 Å². The Morgan fingerprint density at radius 1 is 1.50 bits per heavy atom. The van der Waals surface area contributed by atoms with Gasteiger partial charge in [0.1, 0.15) is 5.82 Å². The van der Waals surface area contributed by atoms with Gasteiger partial charge in [0.15, 0.2) is 0 Å². The Morgan fingerprint density at radius 2 is 2.21 bits per heavy atom. The first-order chi connectivity index (χ1) is 6.69. The smallest absolute Gasteiger partial charge is 0.144 e. The van der Waals surface area contributed by atoms with Crippen LogP contribution in [-0.4, -0.2) is 7.11 Å². The number of aryl methyl sites for hydroxylation is 1. The summed E-state index contributed by atoms with van der Waals surface area (Å²) in [5, 5.41) is 0.164. The van der Waals surface area contributed by atoms with Crippen LogP contribution < -0.4 is 5.48 Å². The van der Waals surface area contributed by atoms with Crippen molar-refractivity contribution in [3.8, 4) is 0 Å². The van der Waals surface area contributed by atoms with Crippen LogP contribution in [-0.2, 0) is 17.8 Å². The van der Waals surface area contributed by atoms with Gasteiger partial charge in [0.05, 0.1) is 12.1 Å². The molecule has 0 aliphatic carbocycles. The lowest BCUT2D eigenvalue weighted by Gasteiger charge is -2.07. The average molecular weight is 218 g/mol. The molecular weight excluding hydrogens is 205 g/mol. The van der Waals surface area contributed by atoms with Crippen molar-refractivity contribution in [1.29, 1.82) is 0 Å². The van der Waals surface area contributed by atoms with Gasteiger partial charge >= 0.3 is 0 Å². The lowest BCUT2D eigenvalue weighted by molar-refractivity contribution is 0.0867. The minimum atomic E-state index is -0.324. The maximum atomic E-state index is 13.3. The highest BCUT2D eigenvalue weighted by molar-refractivity contribution is 6.30. The summed E-state index contributed by atoms with van der Waals surface area (Å²) in [6.45, 7) is 2.41. The number of rotatable bonds is 4. The fraction of sp³-hybridized carbons (Fsp3) is 0.400. The molecule has 4 heteroatoms. The van der Waals surface area contributed by atoms with Crippen LogP contribution in [0.2, 0.25) is 5.02 Å². The second-order valence-electron chi connectivity index (χ2n) is 2.93. The van der Waals surface area contributed by atoms with Gasteiger partial charge in [-0.05, 0) is 23.6 Å². The highest BCUT2D eigenvalue weighted by atomic mass is 35.5. The van der Waals surface area contributed by atoms with Crippen molar-refractivity contribution in [3.63, 3.8) is 0 Å². The molecule has 0 saturated carbocycles. The molecule has 2 nitrogen and oxygen atoms in total. The zero-order valence-corrected chi connectivity index (χ0v) is 8.99. The van der Waals surface area contributed by atoms with Crippen molar-refractivity contribution in [1.82, 2.24) is 5.48 Å². The summed E-state index contributed by atoms with van der Waals surface area (Å²) >= 11 is 5.73. The highest BCUT2D eigenvalue weighted by Gasteiger charge is 2.07. The lowest BCUT2D eigenvalue weighted by atomic mass is 10.1. The highest BCUT2D eigenvalue weighted by Crippen LogP contribution is 2.21. The quantitative estimate of drug-likeness (QED) is 0.783. The van der Waals surface area contributed by atoms with Gasteiger partial charge in [-0.15, -0.1) is 0 Å². The standard InChI is InChI=1S/C10H13ClFNO/c1-3-8-4-7(6-13-14-2)5-9(11)10(8)12/h4-5,13H,3,6H2,1-2H3. The van der Waals surface area contributed by atoms with E-state index in [1.54, 1.807) is 12.1 Å². The van der Waals surface area contributed by atoms with E-state index in [2.05, 4.69) is 5.48 Å². The molecule has 0 aliphatic rings. The molecule has 78 valence electrons. The van der Waals surface area contributed by atoms with Crippen LogP contribution in [0.15, 0.2) is 12.1 Å². The molecule has 0 aliphatic heterocycles. The molecule has 1 N–H and O–H groups in total. The Hall–Kier alpha value is -0.640.